The summed E-state index contributed by atoms with van der Waals surface area (Å²) in [4.78, 5) is 0. The minimum Gasteiger partial charge on any atom is -0.0687 e. The Labute approximate surface area is 184 Å². The molecule has 1 heteroatoms. The smallest absolute Gasteiger partial charge is 0.0687 e. The number of benzene rings is 5. The number of hydrogen-bond acceptors (Lipinski definition) is 0. The van der Waals surface area contributed by atoms with E-state index in [1.54, 1.807) is 0 Å². The highest BCUT2D eigenvalue weighted by molar-refractivity contribution is 6.95. The van der Waals surface area contributed by atoms with Crippen molar-refractivity contribution in [3.63, 3.8) is 0 Å². The van der Waals surface area contributed by atoms with Gasteiger partial charge in [0.25, 0.3) is 0 Å². The molecule has 4 aromatic carbocycles. The maximum atomic E-state index is 2.22. The third-order valence-corrected chi connectivity index (χ3v) is 5.73. The topological polar surface area (TPSA) is 0 Å². The quantitative estimate of drug-likeness (QED) is 0.345. The van der Waals surface area contributed by atoms with Crippen molar-refractivity contribution in [2.75, 3.05) is 0 Å². The second-order valence-corrected chi connectivity index (χ2v) is 7.79. The fourth-order valence-corrected chi connectivity index (χ4v) is 4.14. The minimum atomic E-state index is 0.309. The summed E-state index contributed by atoms with van der Waals surface area (Å²) >= 11 is 0. The molecule has 0 amide bonds. The van der Waals surface area contributed by atoms with Crippen LogP contribution < -0.4 is 16.4 Å². The summed E-state index contributed by atoms with van der Waals surface area (Å²) in [6.45, 7) is 0.309. The van der Waals surface area contributed by atoms with E-state index in [9.17, 15) is 0 Å². The predicted octanol–water partition coefficient (Wildman–Crippen LogP) is 5.54. The minimum absolute atomic E-state index is 0.309. The van der Waals surface area contributed by atoms with Gasteiger partial charge in [-0.1, -0.05) is 150 Å². The van der Waals surface area contributed by atoms with Gasteiger partial charge in [-0.25, -0.2) is 0 Å². The summed E-state index contributed by atoms with van der Waals surface area (Å²) in [7, 11) is 0. The van der Waals surface area contributed by atoms with Crippen molar-refractivity contribution in [3.8, 4) is 22.3 Å². The van der Waals surface area contributed by atoms with Crippen LogP contribution in [0.25, 0.3) is 22.3 Å². The molecule has 0 spiro atoms. The summed E-state index contributed by atoms with van der Waals surface area (Å²) < 4.78 is 0. The van der Waals surface area contributed by atoms with E-state index in [-0.39, 0.29) is 0 Å². The van der Waals surface area contributed by atoms with Crippen molar-refractivity contribution < 1.29 is 0 Å². The van der Waals surface area contributed by atoms with Crippen LogP contribution in [0.3, 0.4) is 0 Å². The SMILES string of the molecule is c1ccc(-c2ccc3cc2-3)cc1.c1ccc(B(c2ccccc2)c2ccccc2)cc1. The van der Waals surface area contributed by atoms with Gasteiger partial charge >= 0.3 is 0 Å². The van der Waals surface area contributed by atoms with Crippen molar-refractivity contribution in [2.45, 2.75) is 0 Å². The molecule has 4 aromatic rings. The molecule has 31 heavy (non-hydrogen) atoms. The molecule has 0 aliphatic heterocycles. The Morgan fingerprint density at radius 3 is 1.10 bits per heavy atom. The molecule has 0 saturated heterocycles. The number of fused-ring (bicyclic) bond motifs is 1. The zero-order valence-corrected chi connectivity index (χ0v) is 17.4. The Morgan fingerprint density at radius 1 is 0.323 bits per heavy atom. The highest BCUT2D eigenvalue weighted by atomic mass is 14.2. The molecule has 146 valence electrons. The first-order valence-corrected chi connectivity index (χ1v) is 10.7. The van der Waals surface area contributed by atoms with Crippen LogP contribution in [0.4, 0.5) is 0 Å². The molecule has 0 radical (unpaired) electrons. The van der Waals surface area contributed by atoms with Gasteiger partial charge in [0.1, 0.15) is 0 Å². The van der Waals surface area contributed by atoms with E-state index >= 15 is 0 Å². The lowest BCUT2D eigenvalue weighted by atomic mass is 9.37. The Balaban J connectivity index is 0.000000145. The van der Waals surface area contributed by atoms with Crippen LogP contribution in [0.1, 0.15) is 0 Å². The third kappa shape index (κ3) is 4.36. The normalized spacial score (nSPS) is 10.6. The highest BCUT2D eigenvalue weighted by Crippen LogP contribution is 2.43. The second kappa shape index (κ2) is 8.89. The monoisotopic (exact) mass is 394 g/mol. The zero-order valence-electron chi connectivity index (χ0n) is 17.4. The average molecular weight is 394 g/mol. The van der Waals surface area contributed by atoms with Crippen LogP contribution in [-0.4, -0.2) is 6.71 Å². The molecule has 0 aromatic heterocycles. The van der Waals surface area contributed by atoms with Gasteiger partial charge in [0.05, 0.1) is 0 Å². The molecule has 6 rings (SSSR count). The van der Waals surface area contributed by atoms with E-state index < -0.39 is 0 Å². The van der Waals surface area contributed by atoms with Gasteiger partial charge < -0.3 is 0 Å². The Hall–Kier alpha value is -3.84. The maximum Gasteiger partial charge on any atom is 0.241 e. The Bertz CT molecular complexity index is 1150. The average Bonchev–Trinajstić information content (AvgIpc) is 3.51. The van der Waals surface area contributed by atoms with Gasteiger partial charge in [-0.3, -0.25) is 0 Å². The van der Waals surface area contributed by atoms with E-state index in [4.69, 9.17) is 0 Å². The summed E-state index contributed by atoms with van der Waals surface area (Å²) in [5.74, 6) is 0. The first-order chi connectivity index (χ1) is 15.4. The molecule has 0 fully saturated rings. The van der Waals surface area contributed by atoms with E-state index in [2.05, 4.69) is 140 Å². The van der Waals surface area contributed by atoms with Gasteiger partial charge in [-0.2, -0.15) is 0 Å². The lowest BCUT2D eigenvalue weighted by Crippen LogP contribution is -2.51. The highest BCUT2D eigenvalue weighted by Gasteiger charge is 2.20. The molecule has 0 N–H and O–H groups in total. The summed E-state index contributed by atoms with van der Waals surface area (Å²) in [6.07, 6.45) is 0. The van der Waals surface area contributed by atoms with Gasteiger partial charge in [0.15, 0.2) is 0 Å². The number of hydrogen-bond donors (Lipinski definition) is 0. The van der Waals surface area contributed by atoms with E-state index in [1.165, 1.54) is 38.6 Å². The molecule has 0 bridgehead atoms. The standard InChI is InChI=1S/C18H15B.C12H8/c1-4-10-16(11-5-1)19(17-12-6-2-7-13-17)18-14-8-3-9-15-18;1-2-4-9(5-3-1)11-7-6-10-8-12(10)11/h1-15H;1-8H. The maximum absolute atomic E-state index is 2.22. The van der Waals surface area contributed by atoms with Crippen molar-refractivity contribution in [1.82, 2.24) is 0 Å². The van der Waals surface area contributed by atoms with Gasteiger partial charge in [0.2, 0.25) is 6.71 Å². The van der Waals surface area contributed by atoms with Gasteiger partial charge in [-0.15, -0.1) is 0 Å². The molecule has 0 heterocycles. The van der Waals surface area contributed by atoms with Crippen LogP contribution >= 0.6 is 0 Å². The van der Waals surface area contributed by atoms with Crippen LogP contribution in [-0.2, 0) is 0 Å². The fourth-order valence-electron chi connectivity index (χ4n) is 4.14. The Kier molecular flexibility index (Phi) is 5.49. The lowest BCUT2D eigenvalue weighted by molar-refractivity contribution is 1.68. The molecule has 0 saturated carbocycles. The lowest BCUT2D eigenvalue weighted by Gasteiger charge is -2.15. The molecular formula is C30H23B. The third-order valence-electron chi connectivity index (χ3n) is 5.73. The molecule has 2 aliphatic carbocycles. The summed E-state index contributed by atoms with van der Waals surface area (Å²) in [5, 5.41) is 0. The van der Waals surface area contributed by atoms with Crippen molar-refractivity contribution in [3.05, 3.63) is 140 Å². The van der Waals surface area contributed by atoms with Crippen molar-refractivity contribution in [2.24, 2.45) is 0 Å². The molecule has 0 unspecified atom stereocenters. The Morgan fingerprint density at radius 2 is 0.742 bits per heavy atom. The van der Waals surface area contributed by atoms with Crippen molar-refractivity contribution >= 4 is 23.1 Å². The largest absolute Gasteiger partial charge is 0.241 e. The summed E-state index contributed by atoms with van der Waals surface area (Å²) in [5.41, 5.74) is 9.55. The zero-order chi connectivity index (χ0) is 20.9. The molecule has 0 nitrogen and oxygen atoms in total. The first-order valence-electron chi connectivity index (χ1n) is 10.7. The molecule has 0 atom stereocenters. The van der Waals surface area contributed by atoms with Gasteiger partial charge in [0, 0.05) is 0 Å². The summed E-state index contributed by atoms with van der Waals surface area (Å²) in [6, 6.07) is 49.1. The van der Waals surface area contributed by atoms with E-state index in [0.29, 0.717) is 6.71 Å². The van der Waals surface area contributed by atoms with Crippen LogP contribution in [0.2, 0.25) is 0 Å². The van der Waals surface area contributed by atoms with Gasteiger partial charge in [-0.05, 0) is 28.3 Å². The van der Waals surface area contributed by atoms with Crippen LogP contribution in [0.5, 0.6) is 0 Å². The van der Waals surface area contributed by atoms with Crippen LogP contribution in [0, 0.1) is 0 Å². The second-order valence-electron chi connectivity index (χ2n) is 7.79. The van der Waals surface area contributed by atoms with E-state index in [1.807, 2.05) is 0 Å². The number of rotatable bonds is 4. The molecule has 2 aliphatic rings. The fraction of sp³-hybridized carbons (Fsp3) is 0. The van der Waals surface area contributed by atoms with Crippen LogP contribution in [0.15, 0.2) is 140 Å². The molecular weight excluding hydrogens is 371 g/mol. The van der Waals surface area contributed by atoms with E-state index in [0.717, 1.165) is 0 Å². The first kappa shape index (κ1) is 19.1. The predicted molar refractivity (Wildman–Crippen MR) is 135 cm³/mol. The van der Waals surface area contributed by atoms with Crippen molar-refractivity contribution in [1.29, 1.82) is 0 Å².